The Labute approximate surface area is 129 Å². The summed E-state index contributed by atoms with van der Waals surface area (Å²) in [6.07, 6.45) is -4.64. The van der Waals surface area contributed by atoms with Crippen molar-refractivity contribution < 1.29 is 22.4 Å². The largest absolute Gasteiger partial charge is 0.451 e. The van der Waals surface area contributed by atoms with Gasteiger partial charge >= 0.3 is 6.18 Å². The molecule has 1 amide bonds. The maximum Gasteiger partial charge on any atom is 0.445 e. The zero-order chi connectivity index (χ0) is 16.6. The van der Waals surface area contributed by atoms with Crippen LogP contribution in [0, 0.1) is 0 Å². The van der Waals surface area contributed by atoms with Crippen molar-refractivity contribution in [1.29, 1.82) is 0 Å². The van der Waals surface area contributed by atoms with Crippen molar-refractivity contribution in [2.24, 2.45) is 0 Å². The minimum absolute atomic E-state index is 0.172. The molecule has 0 aliphatic carbocycles. The highest BCUT2D eigenvalue weighted by Crippen LogP contribution is 2.33. The van der Waals surface area contributed by atoms with E-state index in [1.54, 1.807) is 12.1 Å². The SMILES string of the molecule is O=C(Nc1nnc(C(F)(F)F)s1)c1cc(=O)c2ccccc2o1. The van der Waals surface area contributed by atoms with Crippen LogP contribution in [0.5, 0.6) is 0 Å². The molecule has 1 aromatic carbocycles. The number of para-hydroxylation sites is 1. The number of halogens is 3. The Morgan fingerprint density at radius 3 is 2.65 bits per heavy atom. The van der Waals surface area contributed by atoms with Gasteiger partial charge in [0.25, 0.3) is 5.91 Å². The summed E-state index contributed by atoms with van der Waals surface area (Å²) >= 11 is 0.172. The van der Waals surface area contributed by atoms with Gasteiger partial charge in [-0.1, -0.05) is 23.5 Å². The van der Waals surface area contributed by atoms with Crippen molar-refractivity contribution in [3.05, 3.63) is 51.3 Å². The van der Waals surface area contributed by atoms with Crippen molar-refractivity contribution in [1.82, 2.24) is 10.2 Å². The highest BCUT2D eigenvalue weighted by atomic mass is 32.1. The van der Waals surface area contributed by atoms with E-state index in [1.807, 2.05) is 0 Å². The lowest BCUT2D eigenvalue weighted by molar-refractivity contribution is -0.138. The molecule has 0 radical (unpaired) electrons. The second kappa shape index (κ2) is 5.47. The summed E-state index contributed by atoms with van der Waals surface area (Å²) in [7, 11) is 0. The number of nitrogens with zero attached hydrogens (tertiary/aromatic N) is 2. The summed E-state index contributed by atoms with van der Waals surface area (Å²) in [6.45, 7) is 0. The molecule has 2 aromatic heterocycles. The number of hydrogen-bond donors (Lipinski definition) is 1. The smallest absolute Gasteiger partial charge is 0.445 e. The van der Waals surface area contributed by atoms with Crippen molar-refractivity contribution in [3.8, 4) is 0 Å². The molecule has 6 nitrogen and oxygen atoms in total. The molecule has 10 heteroatoms. The fourth-order valence-electron chi connectivity index (χ4n) is 1.76. The van der Waals surface area contributed by atoms with E-state index < -0.39 is 22.5 Å². The van der Waals surface area contributed by atoms with Gasteiger partial charge in [0.2, 0.25) is 10.1 Å². The quantitative estimate of drug-likeness (QED) is 0.775. The van der Waals surface area contributed by atoms with Crippen LogP contribution in [0.1, 0.15) is 15.6 Å². The lowest BCUT2D eigenvalue weighted by Crippen LogP contribution is -2.14. The van der Waals surface area contributed by atoms with Gasteiger partial charge in [0.1, 0.15) is 5.58 Å². The first-order valence-corrected chi connectivity index (χ1v) is 6.91. The minimum atomic E-state index is -4.64. The summed E-state index contributed by atoms with van der Waals surface area (Å²) in [5.74, 6) is -1.23. The fourth-order valence-corrected chi connectivity index (χ4v) is 2.37. The Balaban J connectivity index is 1.89. The van der Waals surface area contributed by atoms with Crippen molar-refractivity contribution >= 4 is 33.3 Å². The number of aromatic nitrogens is 2. The highest BCUT2D eigenvalue weighted by molar-refractivity contribution is 7.15. The molecule has 23 heavy (non-hydrogen) atoms. The van der Waals surface area contributed by atoms with Crippen LogP contribution in [0.15, 0.2) is 39.5 Å². The molecule has 0 spiro atoms. The summed E-state index contributed by atoms with van der Waals surface area (Å²) in [4.78, 5) is 23.9. The number of nitrogens with one attached hydrogen (secondary N) is 1. The van der Waals surface area contributed by atoms with Crippen LogP contribution in [0.25, 0.3) is 11.0 Å². The third kappa shape index (κ3) is 3.06. The Hall–Kier alpha value is -2.75. The molecule has 1 N–H and O–H groups in total. The van der Waals surface area contributed by atoms with Crippen molar-refractivity contribution in [2.75, 3.05) is 5.32 Å². The zero-order valence-electron chi connectivity index (χ0n) is 11.0. The number of fused-ring (bicyclic) bond motifs is 1. The number of carbonyl (C=O) groups excluding carboxylic acids is 1. The van der Waals surface area contributed by atoms with E-state index in [1.165, 1.54) is 12.1 Å². The van der Waals surface area contributed by atoms with Crippen LogP contribution in [-0.4, -0.2) is 16.1 Å². The van der Waals surface area contributed by atoms with Gasteiger partial charge in [-0.15, -0.1) is 10.2 Å². The molecular formula is C13H6F3N3O3S. The molecule has 0 saturated carbocycles. The van der Waals surface area contributed by atoms with E-state index in [0.29, 0.717) is 5.39 Å². The lowest BCUT2D eigenvalue weighted by atomic mass is 10.2. The van der Waals surface area contributed by atoms with E-state index in [0.717, 1.165) is 6.07 Å². The summed E-state index contributed by atoms with van der Waals surface area (Å²) < 4.78 is 42.5. The lowest BCUT2D eigenvalue weighted by Gasteiger charge is -2.02. The maximum atomic E-state index is 12.4. The first kappa shape index (κ1) is 15.2. The molecule has 2 heterocycles. The van der Waals surface area contributed by atoms with E-state index in [2.05, 4.69) is 15.5 Å². The van der Waals surface area contributed by atoms with Gasteiger partial charge in [-0.05, 0) is 12.1 Å². The molecule has 0 unspecified atom stereocenters. The molecule has 0 aliphatic rings. The predicted octanol–water partition coefficient (Wildman–Crippen LogP) is 2.92. The van der Waals surface area contributed by atoms with Gasteiger partial charge in [-0.25, -0.2) is 0 Å². The van der Waals surface area contributed by atoms with Gasteiger partial charge in [-0.3, -0.25) is 14.9 Å². The molecular weight excluding hydrogens is 335 g/mol. The fraction of sp³-hybridized carbons (Fsp3) is 0.0769. The number of anilines is 1. The third-order valence-corrected chi connectivity index (χ3v) is 3.63. The van der Waals surface area contributed by atoms with Gasteiger partial charge in [0.15, 0.2) is 11.2 Å². The Bertz CT molecular complexity index is 949. The second-order valence-corrected chi connectivity index (χ2v) is 5.31. The van der Waals surface area contributed by atoms with E-state index in [-0.39, 0.29) is 27.8 Å². The first-order chi connectivity index (χ1) is 10.8. The van der Waals surface area contributed by atoms with Crippen LogP contribution in [0.4, 0.5) is 18.3 Å². The molecule has 118 valence electrons. The maximum absolute atomic E-state index is 12.4. The molecule has 0 aliphatic heterocycles. The third-order valence-electron chi connectivity index (χ3n) is 2.75. The standard InChI is InChI=1S/C13H6F3N3O3S/c14-13(15,16)11-18-19-12(23-11)17-10(21)9-5-7(20)6-3-1-2-4-8(6)22-9/h1-5H,(H,17,19,21). The molecule has 3 aromatic rings. The molecule has 0 fully saturated rings. The number of hydrogen-bond acceptors (Lipinski definition) is 6. The molecule has 0 bridgehead atoms. The molecule has 0 saturated heterocycles. The van der Waals surface area contributed by atoms with Crippen LogP contribution >= 0.6 is 11.3 Å². The van der Waals surface area contributed by atoms with E-state index in [4.69, 9.17) is 4.42 Å². The first-order valence-electron chi connectivity index (χ1n) is 6.09. The van der Waals surface area contributed by atoms with Gasteiger partial charge in [-0.2, -0.15) is 13.2 Å². The van der Waals surface area contributed by atoms with Crippen LogP contribution < -0.4 is 10.7 Å². The number of rotatable bonds is 2. The monoisotopic (exact) mass is 341 g/mol. The van der Waals surface area contributed by atoms with Crippen LogP contribution in [-0.2, 0) is 6.18 Å². The normalized spacial score (nSPS) is 11.6. The second-order valence-electron chi connectivity index (χ2n) is 4.34. The average Bonchev–Trinajstić information content (AvgIpc) is 2.96. The minimum Gasteiger partial charge on any atom is -0.451 e. The Kier molecular flexibility index (Phi) is 3.60. The van der Waals surface area contributed by atoms with Crippen molar-refractivity contribution in [3.63, 3.8) is 0 Å². The number of alkyl halides is 3. The molecule has 0 atom stereocenters. The summed E-state index contributed by atoms with van der Waals surface area (Å²) in [5, 5.41) is 7.04. The molecule has 3 rings (SSSR count). The topological polar surface area (TPSA) is 85.1 Å². The van der Waals surface area contributed by atoms with E-state index in [9.17, 15) is 22.8 Å². The number of carbonyl (C=O) groups is 1. The summed E-state index contributed by atoms with van der Waals surface area (Å²) in [6, 6.07) is 7.25. The van der Waals surface area contributed by atoms with Crippen molar-refractivity contribution in [2.45, 2.75) is 6.18 Å². The Morgan fingerprint density at radius 2 is 1.96 bits per heavy atom. The Morgan fingerprint density at radius 1 is 1.22 bits per heavy atom. The highest BCUT2D eigenvalue weighted by Gasteiger charge is 2.35. The average molecular weight is 341 g/mol. The predicted molar refractivity (Wildman–Crippen MR) is 75.3 cm³/mol. The summed E-state index contributed by atoms with van der Waals surface area (Å²) in [5.41, 5.74) is -0.247. The van der Waals surface area contributed by atoms with E-state index >= 15 is 0 Å². The zero-order valence-corrected chi connectivity index (χ0v) is 11.9. The number of amides is 1. The number of benzene rings is 1. The van der Waals surface area contributed by atoms with Crippen LogP contribution in [0.2, 0.25) is 0 Å². The van der Waals surface area contributed by atoms with Gasteiger partial charge in [0.05, 0.1) is 5.39 Å². The van der Waals surface area contributed by atoms with Gasteiger partial charge < -0.3 is 4.42 Å². The van der Waals surface area contributed by atoms with Crippen LogP contribution in [0.3, 0.4) is 0 Å². The van der Waals surface area contributed by atoms with Gasteiger partial charge in [0, 0.05) is 6.07 Å².